The molecule has 0 aliphatic heterocycles. The number of aromatic nitrogens is 2. The molecule has 0 spiro atoms. The number of fused-ring (bicyclic) bond motifs is 1. The number of hydrogen-bond acceptors (Lipinski definition) is 8. The lowest BCUT2D eigenvalue weighted by Gasteiger charge is -2.09. The van der Waals surface area contributed by atoms with E-state index in [-0.39, 0.29) is 35.9 Å². The number of esters is 2. The van der Waals surface area contributed by atoms with Gasteiger partial charge < -0.3 is 14.8 Å². The van der Waals surface area contributed by atoms with E-state index in [0.29, 0.717) is 11.1 Å². The number of benzene rings is 1. The first-order valence-corrected chi connectivity index (χ1v) is 11.8. The molecule has 3 aromatic rings. The van der Waals surface area contributed by atoms with Crippen LogP contribution in [0, 0.1) is 6.92 Å². The third-order valence-electron chi connectivity index (χ3n) is 4.67. The van der Waals surface area contributed by atoms with Gasteiger partial charge in [0.2, 0.25) is 0 Å². The maximum absolute atomic E-state index is 13.0. The van der Waals surface area contributed by atoms with Crippen molar-refractivity contribution in [1.82, 2.24) is 8.96 Å². The van der Waals surface area contributed by atoms with Gasteiger partial charge in [-0.05, 0) is 51.1 Å². The summed E-state index contributed by atoms with van der Waals surface area (Å²) >= 11 is 0. The summed E-state index contributed by atoms with van der Waals surface area (Å²) in [6, 6.07) is 9.97. The number of pyridine rings is 1. The van der Waals surface area contributed by atoms with E-state index in [4.69, 9.17) is 9.47 Å². The summed E-state index contributed by atoms with van der Waals surface area (Å²) in [7, 11) is -3.79. The zero-order valence-corrected chi connectivity index (χ0v) is 19.4. The Kier molecular flexibility index (Phi) is 7.49. The van der Waals surface area contributed by atoms with Crippen LogP contribution in [0.2, 0.25) is 0 Å². The molecule has 10 heteroatoms. The molecule has 2 heterocycles. The minimum absolute atomic E-state index is 0.128. The average Bonchev–Trinajstić information content (AvgIpc) is 3.21. The van der Waals surface area contributed by atoms with Crippen molar-refractivity contribution in [3.8, 4) is 0 Å². The highest BCUT2D eigenvalue weighted by Gasteiger charge is 2.21. The minimum Gasteiger partial charge on any atom is -0.462 e. The molecule has 0 saturated carbocycles. The second-order valence-corrected chi connectivity index (χ2v) is 8.82. The summed E-state index contributed by atoms with van der Waals surface area (Å²) in [4.78, 5) is 28.5. The number of hydrogen-bond donors (Lipinski definition) is 1. The fraction of sp³-hybridized carbons (Fsp3) is 0.261. The summed E-state index contributed by atoms with van der Waals surface area (Å²) in [6.45, 7) is 5.56. The van der Waals surface area contributed by atoms with Crippen LogP contribution >= 0.6 is 0 Å². The molecule has 9 nitrogen and oxygen atoms in total. The molecule has 2 aromatic heterocycles. The minimum atomic E-state index is -3.79. The second-order valence-electron chi connectivity index (χ2n) is 7.01. The van der Waals surface area contributed by atoms with Gasteiger partial charge in [-0.2, -0.15) is 0 Å². The fourth-order valence-electron chi connectivity index (χ4n) is 3.05. The van der Waals surface area contributed by atoms with E-state index in [2.05, 4.69) is 10.3 Å². The molecule has 0 amide bonds. The van der Waals surface area contributed by atoms with Crippen LogP contribution in [0.4, 0.5) is 5.69 Å². The first-order valence-electron chi connectivity index (χ1n) is 10.4. The number of anilines is 1. The van der Waals surface area contributed by atoms with E-state index in [1.807, 2.05) is 6.92 Å². The monoisotopic (exact) mass is 471 g/mol. The largest absolute Gasteiger partial charge is 0.462 e. The smallest absolute Gasteiger partial charge is 0.345 e. The molecule has 0 radical (unpaired) electrons. The Bertz CT molecular complexity index is 1270. The fourth-order valence-corrected chi connectivity index (χ4v) is 4.36. The van der Waals surface area contributed by atoms with Gasteiger partial charge in [0.25, 0.3) is 10.0 Å². The predicted octanol–water partition coefficient (Wildman–Crippen LogP) is 3.05. The van der Waals surface area contributed by atoms with Crippen LogP contribution in [0.5, 0.6) is 0 Å². The Labute approximate surface area is 192 Å². The molecule has 0 saturated heterocycles. The summed E-state index contributed by atoms with van der Waals surface area (Å²) in [5, 5.41) is 3.64. The van der Waals surface area contributed by atoms with E-state index in [1.54, 1.807) is 50.2 Å². The Morgan fingerprint density at radius 2 is 1.70 bits per heavy atom. The number of nitrogens with zero attached hydrogens (tertiary/aromatic N) is 2. The molecule has 0 aliphatic carbocycles. The molecule has 3 rings (SSSR count). The predicted molar refractivity (Wildman–Crippen MR) is 123 cm³/mol. The maximum Gasteiger partial charge on any atom is 0.345 e. The van der Waals surface area contributed by atoms with Gasteiger partial charge in [-0.25, -0.2) is 27.0 Å². The van der Waals surface area contributed by atoms with Crippen LogP contribution < -0.4 is 5.32 Å². The van der Waals surface area contributed by atoms with Crippen LogP contribution in [0.15, 0.2) is 65.3 Å². The third kappa shape index (κ3) is 5.40. The third-order valence-corrected chi connectivity index (χ3v) is 6.35. The van der Waals surface area contributed by atoms with E-state index in [9.17, 15) is 18.0 Å². The topological polar surface area (TPSA) is 117 Å². The second kappa shape index (κ2) is 10.3. The van der Waals surface area contributed by atoms with Crippen molar-refractivity contribution in [2.24, 2.45) is 0 Å². The number of ether oxygens (including phenoxy) is 2. The standard InChI is InChI=1S/C23H25N3O6S/c1-4-31-22(27)20(23(28)32-5-2)10-12-24-18-14-17-11-13-26(21(17)25-15-18)33(29,30)19-8-6-16(3)7-9-19/h6-11,13-15,24H,4-5,12H2,1-3H3. The van der Waals surface area contributed by atoms with Crippen molar-refractivity contribution < 1.29 is 27.5 Å². The summed E-state index contributed by atoms with van der Waals surface area (Å²) in [5.41, 5.74) is 1.63. The molecule has 0 fully saturated rings. The van der Waals surface area contributed by atoms with Gasteiger partial charge in [0.1, 0.15) is 5.57 Å². The SMILES string of the molecule is CCOC(=O)C(=CCNc1cnc2c(ccn2S(=O)(=O)c2ccc(C)cc2)c1)C(=O)OCC. The van der Waals surface area contributed by atoms with Crippen LogP contribution in [0.25, 0.3) is 11.0 Å². The van der Waals surface area contributed by atoms with E-state index >= 15 is 0 Å². The zero-order valence-electron chi connectivity index (χ0n) is 18.6. The molecule has 0 unspecified atom stereocenters. The van der Waals surface area contributed by atoms with Crippen LogP contribution in [0.1, 0.15) is 19.4 Å². The van der Waals surface area contributed by atoms with Crippen LogP contribution in [-0.4, -0.2) is 49.1 Å². The van der Waals surface area contributed by atoms with Crippen molar-refractivity contribution in [2.75, 3.05) is 25.1 Å². The average molecular weight is 472 g/mol. The lowest BCUT2D eigenvalue weighted by molar-refractivity contribution is -0.146. The van der Waals surface area contributed by atoms with Crippen molar-refractivity contribution in [1.29, 1.82) is 0 Å². The number of aryl methyl sites for hydroxylation is 1. The Morgan fingerprint density at radius 3 is 2.30 bits per heavy atom. The van der Waals surface area contributed by atoms with Gasteiger partial charge >= 0.3 is 11.9 Å². The summed E-state index contributed by atoms with van der Waals surface area (Å²) in [6.07, 6.45) is 4.31. The van der Waals surface area contributed by atoms with Gasteiger partial charge in [0.15, 0.2) is 5.65 Å². The first kappa shape index (κ1) is 24.0. The number of carbonyl (C=O) groups excluding carboxylic acids is 2. The molecular formula is C23H25N3O6S. The lowest BCUT2D eigenvalue weighted by atomic mass is 10.2. The van der Waals surface area contributed by atoms with Crippen molar-refractivity contribution in [3.63, 3.8) is 0 Å². The highest BCUT2D eigenvalue weighted by Crippen LogP contribution is 2.23. The highest BCUT2D eigenvalue weighted by molar-refractivity contribution is 7.90. The molecule has 0 bridgehead atoms. The van der Waals surface area contributed by atoms with E-state index in [1.165, 1.54) is 18.5 Å². The summed E-state index contributed by atoms with van der Waals surface area (Å²) < 4.78 is 36.9. The summed E-state index contributed by atoms with van der Waals surface area (Å²) in [5.74, 6) is -1.52. The first-order chi connectivity index (χ1) is 15.8. The maximum atomic E-state index is 13.0. The van der Waals surface area contributed by atoms with Crippen molar-refractivity contribution >= 4 is 38.7 Å². The number of carbonyl (C=O) groups is 2. The Morgan fingerprint density at radius 1 is 1.06 bits per heavy atom. The van der Waals surface area contributed by atoms with Crippen molar-refractivity contribution in [3.05, 3.63) is 66.0 Å². The molecule has 1 aromatic carbocycles. The Balaban J connectivity index is 1.81. The number of nitrogens with one attached hydrogen (secondary N) is 1. The number of rotatable bonds is 9. The van der Waals surface area contributed by atoms with Gasteiger partial charge in [0.05, 0.1) is 30.0 Å². The van der Waals surface area contributed by atoms with Gasteiger partial charge in [-0.15, -0.1) is 0 Å². The highest BCUT2D eigenvalue weighted by atomic mass is 32.2. The Hall–Kier alpha value is -3.66. The molecular weight excluding hydrogens is 446 g/mol. The van der Waals surface area contributed by atoms with Crippen LogP contribution in [0.3, 0.4) is 0 Å². The molecule has 1 N–H and O–H groups in total. The molecule has 33 heavy (non-hydrogen) atoms. The van der Waals surface area contributed by atoms with E-state index < -0.39 is 22.0 Å². The van der Waals surface area contributed by atoms with Crippen molar-refractivity contribution in [2.45, 2.75) is 25.7 Å². The molecule has 0 aliphatic rings. The zero-order chi connectivity index (χ0) is 24.0. The quantitative estimate of drug-likeness (QED) is 0.219. The normalized spacial score (nSPS) is 11.1. The molecule has 0 atom stereocenters. The molecule has 174 valence electrons. The van der Waals surface area contributed by atoms with Gasteiger partial charge in [-0.3, -0.25) is 0 Å². The van der Waals surface area contributed by atoms with Gasteiger partial charge in [0, 0.05) is 18.1 Å². The van der Waals surface area contributed by atoms with E-state index in [0.717, 1.165) is 9.54 Å². The van der Waals surface area contributed by atoms with Gasteiger partial charge in [-0.1, -0.05) is 17.7 Å². The van der Waals surface area contributed by atoms with Crippen LogP contribution in [-0.2, 0) is 29.1 Å². The lowest BCUT2D eigenvalue weighted by Crippen LogP contribution is -2.19.